The van der Waals surface area contributed by atoms with E-state index in [1.54, 1.807) is 23.2 Å². The number of thiophene rings is 1. The van der Waals surface area contributed by atoms with Crippen LogP contribution in [0.25, 0.3) is 0 Å². The normalized spacial score (nSPS) is 16.1. The number of nitrogens with zero attached hydrogens (tertiary/aromatic N) is 2. The number of rotatable bonds is 8. The number of hydrogen-bond donors (Lipinski definition) is 2. The van der Waals surface area contributed by atoms with Gasteiger partial charge in [0.25, 0.3) is 0 Å². The van der Waals surface area contributed by atoms with E-state index in [-0.39, 0.29) is 16.7 Å². The van der Waals surface area contributed by atoms with Crippen LogP contribution in [0, 0.1) is 0 Å². The van der Waals surface area contributed by atoms with Crippen molar-refractivity contribution in [3.63, 3.8) is 0 Å². The molecule has 2 amide bonds. The lowest BCUT2D eigenvalue weighted by molar-refractivity contribution is -0.134. The molecule has 168 valence electrons. The Morgan fingerprint density at radius 1 is 1.10 bits per heavy atom. The van der Waals surface area contributed by atoms with E-state index in [4.69, 9.17) is 0 Å². The molecule has 1 aliphatic heterocycles. The number of nitrogens with one attached hydrogen (secondary N) is 2. The van der Waals surface area contributed by atoms with Gasteiger partial charge in [0.05, 0.1) is 10.9 Å². The van der Waals surface area contributed by atoms with Gasteiger partial charge in [-0.25, -0.2) is 8.42 Å². The standard InChI is InChI=1S/C21H28N4O4S2/c1-16(23-31(28,29)20-7-5-18(6-8-20)22-17(2)26)21(27)25-13-11-24(12-14-25)10-9-19-4-3-15-30-19/h3-8,15-16,23H,9-14H2,1-2H3,(H,22,26)/t16-/m0/s1. The molecule has 1 atom stereocenters. The fraction of sp³-hybridized carbons (Fsp3) is 0.429. The zero-order valence-electron chi connectivity index (χ0n) is 17.7. The van der Waals surface area contributed by atoms with Crippen LogP contribution in [0.15, 0.2) is 46.7 Å². The number of amides is 2. The molecule has 1 aliphatic rings. The average molecular weight is 465 g/mol. The maximum absolute atomic E-state index is 12.8. The molecular formula is C21H28N4O4S2. The smallest absolute Gasteiger partial charge is 0.241 e. The van der Waals surface area contributed by atoms with E-state index in [1.807, 2.05) is 0 Å². The van der Waals surface area contributed by atoms with Gasteiger partial charge in [0, 0.05) is 50.2 Å². The minimum absolute atomic E-state index is 0.0413. The van der Waals surface area contributed by atoms with E-state index in [0.717, 1.165) is 26.1 Å². The quantitative estimate of drug-likeness (QED) is 0.620. The number of carbonyl (C=O) groups is 2. The Hall–Kier alpha value is -2.27. The van der Waals surface area contributed by atoms with Crippen molar-refractivity contribution >= 4 is 38.9 Å². The molecule has 2 heterocycles. The summed E-state index contributed by atoms with van der Waals surface area (Å²) in [5.74, 6) is -0.462. The van der Waals surface area contributed by atoms with Crippen molar-refractivity contribution in [1.29, 1.82) is 0 Å². The fourth-order valence-electron chi connectivity index (χ4n) is 3.46. The summed E-state index contributed by atoms with van der Waals surface area (Å²) in [4.78, 5) is 29.3. The Kier molecular flexibility index (Phi) is 7.82. The van der Waals surface area contributed by atoms with Gasteiger partial charge in [-0.2, -0.15) is 4.72 Å². The van der Waals surface area contributed by atoms with Crippen molar-refractivity contribution in [2.75, 3.05) is 38.0 Å². The molecule has 0 saturated carbocycles. The number of piperazine rings is 1. The number of anilines is 1. The third kappa shape index (κ3) is 6.60. The summed E-state index contributed by atoms with van der Waals surface area (Å²) in [6, 6.07) is 9.14. The van der Waals surface area contributed by atoms with Gasteiger partial charge in [-0.3, -0.25) is 14.5 Å². The lowest BCUT2D eigenvalue weighted by Crippen LogP contribution is -2.54. The van der Waals surface area contributed by atoms with Crippen LogP contribution < -0.4 is 10.0 Å². The first-order chi connectivity index (χ1) is 14.7. The topological polar surface area (TPSA) is 98.8 Å². The van der Waals surface area contributed by atoms with Crippen molar-refractivity contribution in [3.05, 3.63) is 46.7 Å². The number of sulfonamides is 1. The van der Waals surface area contributed by atoms with Crippen LogP contribution in [0.1, 0.15) is 18.7 Å². The van der Waals surface area contributed by atoms with Crippen molar-refractivity contribution < 1.29 is 18.0 Å². The summed E-state index contributed by atoms with van der Waals surface area (Å²) in [5, 5.41) is 4.66. The highest BCUT2D eigenvalue weighted by molar-refractivity contribution is 7.89. The molecule has 0 bridgehead atoms. The molecule has 8 nitrogen and oxygen atoms in total. The summed E-state index contributed by atoms with van der Waals surface area (Å²) in [5.41, 5.74) is 0.507. The Morgan fingerprint density at radius 3 is 2.35 bits per heavy atom. The second kappa shape index (κ2) is 10.4. The zero-order chi connectivity index (χ0) is 22.4. The van der Waals surface area contributed by atoms with Crippen LogP contribution in [0.2, 0.25) is 0 Å². The number of hydrogen-bond acceptors (Lipinski definition) is 6. The zero-order valence-corrected chi connectivity index (χ0v) is 19.3. The van der Waals surface area contributed by atoms with Gasteiger partial charge in [-0.05, 0) is 49.1 Å². The van der Waals surface area contributed by atoms with Crippen molar-refractivity contribution in [1.82, 2.24) is 14.5 Å². The molecule has 3 rings (SSSR count). The number of carbonyl (C=O) groups excluding carboxylic acids is 2. The second-order valence-electron chi connectivity index (χ2n) is 7.54. The third-order valence-electron chi connectivity index (χ3n) is 5.13. The number of benzene rings is 1. The molecule has 1 fully saturated rings. The van der Waals surface area contributed by atoms with Gasteiger partial charge in [0.2, 0.25) is 21.8 Å². The first kappa shape index (κ1) is 23.4. The van der Waals surface area contributed by atoms with Crippen molar-refractivity contribution in [2.45, 2.75) is 31.2 Å². The molecule has 1 aromatic heterocycles. The average Bonchev–Trinajstić information content (AvgIpc) is 3.25. The predicted octanol–water partition coefficient (Wildman–Crippen LogP) is 1.76. The SMILES string of the molecule is CC(=O)Nc1ccc(S(=O)(=O)N[C@@H](C)C(=O)N2CCN(CCc3cccs3)CC2)cc1. The molecular weight excluding hydrogens is 436 g/mol. The second-order valence-corrected chi connectivity index (χ2v) is 10.3. The molecule has 0 aliphatic carbocycles. The molecule has 0 unspecified atom stereocenters. The van der Waals surface area contributed by atoms with Crippen LogP contribution in [0.5, 0.6) is 0 Å². The Bertz CT molecular complexity index is 983. The predicted molar refractivity (Wildman–Crippen MR) is 122 cm³/mol. The van der Waals surface area contributed by atoms with Gasteiger partial charge in [-0.1, -0.05) is 6.07 Å². The maximum atomic E-state index is 12.8. The first-order valence-corrected chi connectivity index (χ1v) is 12.5. The Morgan fingerprint density at radius 2 is 1.77 bits per heavy atom. The summed E-state index contributed by atoms with van der Waals surface area (Å²) in [6.07, 6.45) is 1.00. The fourth-order valence-corrected chi connectivity index (χ4v) is 5.36. The van der Waals surface area contributed by atoms with Gasteiger partial charge in [0.1, 0.15) is 0 Å². The molecule has 31 heavy (non-hydrogen) atoms. The Balaban J connectivity index is 1.50. The summed E-state index contributed by atoms with van der Waals surface area (Å²) in [7, 11) is -3.85. The third-order valence-corrected chi connectivity index (χ3v) is 7.62. The van der Waals surface area contributed by atoms with Crippen LogP contribution in [0.3, 0.4) is 0 Å². The van der Waals surface area contributed by atoms with Crippen LogP contribution >= 0.6 is 11.3 Å². The highest BCUT2D eigenvalue weighted by Crippen LogP contribution is 2.15. The molecule has 2 N–H and O–H groups in total. The lowest BCUT2D eigenvalue weighted by atomic mass is 10.2. The summed E-state index contributed by atoms with van der Waals surface area (Å²) in [6.45, 7) is 6.63. The summed E-state index contributed by atoms with van der Waals surface area (Å²) >= 11 is 1.75. The van der Waals surface area contributed by atoms with Crippen LogP contribution in [-0.2, 0) is 26.0 Å². The Labute approximate surface area is 187 Å². The van der Waals surface area contributed by atoms with Gasteiger partial charge in [0.15, 0.2) is 0 Å². The van der Waals surface area contributed by atoms with Gasteiger partial charge >= 0.3 is 0 Å². The van der Waals surface area contributed by atoms with E-state index in [0.29, 0.717) is 18.8 Å². The van der Waals surface area contributed by atoms with E-state index < -0.39 is 16.1 Å². The summed E-state index contributed by atoms with van der Waals surface area (Å²) < 4.78 is 27.7. The van der Waals surface area contributed by atoms with Gasteiger partial charge in [-0.15, -0.1) is 11.3 Å². The monoisotopic (exact) mass is 464 g/mol. The highest BCUT2D eigenvalue weighted by atomic mass is 32.2. The lowest BCUT2D eigenvalue weighted by Gasteiger charge is -2.36. The first-order valence-electron chi connectivity index (χ1n) is 10.2. The molecule has 1 aromatic carbocycles. The van der Waals surface area contributed by atoms with E-state index in [1.165, 1.54) is 36.1 Å². The highest BCUT2D eigenvalue weighted by Gasteiger charge is 2.28. The van der Waals surface area contributed by atoms with Gasteiger partial charge < -0.3 is 10.2 Å². The van der Waals surface area contributed by atoms with Crippen molar-refractivity contribution in [2.24, 2.45) is 0 Å². The van der Waals surface area contributed by atoms with E-state index in [2.05, 4.69) is 32.5 Å². The van der Waals surface area contributed by atoms with E-state index >= 15 is 0 Å². The molecule has 0 radical (unpaired) electrons. The van der Waals surface area contributed by atoms with Crippen molar-refractivity contribution in [3.8, 4) is 0 Å². The van der Waals surface area contributed by atoms with Crippen LogP contribution in [-0.4, -0.2) is 68.8 Å². The minimum Gasteiger partial charge on any atom is -0.339 e. The largest absolute Gasteiger partial charge is 0.339 e. The molecule has 0 spiro atoms. The molecule has 10 heteroatoms. The minimum atomic E-state index is -3.85. The molecule has 2 aromatic rings. The van der Waals surface area contributed by atoms with E-state index in [9.17, 15) is 18.0 Å². The van der Waals surface area contributed by atoms with Crippen LogP contribution in [0.4, 0.5) is 5.69 Å². The molecule has 1 saturated heterocycles. The maximum Gasteiger partial charge on any atom is 0.241 e.